The lowest BCUT2D eigenvalue weighted by molar-refractivity contribution is 0.0568. The fraction of sp³-hybridized carbons (Fsp3) is 0.417. The average molecular weight is 285 g/mol. The number of hydrogen-bond acceptors (Lipinski definition) is 6. The molecule has 110 valence electrons. The highest BCUT2D eigenvalue weighted by Gasteiger charge is 2.33. The zero-order valence-electron chi connectivity index (χ0n) is 11.5. The maximum absolute atomic E-state index is 11.8. The largest absolute Gasteiger partial charge is 0.477 e. The number of rotatable bonds is 5. The Bertz CT molecular complexity index is 546. The molecule has 1 heterocycles. The summed E-state index contributed by atoms with van der Waals surface area (Å²) in [6.45, 7) is 1.56. The molecule has 1 atom stereocenters. The van der Waals surface area contributed by atoms with E-state index in [0.29, 0.717) is 0 Å². The highest BCUT2D eigenvalue weighted by molar-refractivity contribution is 6.06. The van der Waals surface area contributed by atoms with E-state index >= 15 is 0 Å². The SMILES string of the molecule is COC(=O)c1[nH]c(C(=O)O)c(C(=O)OC)c1C(C)OC. The number of carbonyl (C=O) groups is 3. The molecule has 0 aliphatic carbocycles. The van der Waals surface area contributed by atoms with Crippen molar-refractivity contribution in [1.82, 2.24) is 4.98 Å². The van der Waals surface area contributed by atoms with Crippen molar-refractivity contribution >= 4 is 17.9 Å². The molecule has 2 N–H and O–H groups in total. The molecule has 0 radical (unpaired) electrons. The fourth-order valence-corrected chi connectivity index (χ4v) is 1.78. The van der Waals surface area contributed by atoms with Crippen molar-refractivity contribution in [1.29, 1.82) is 0 Å². The van der Waals surface area contributed by atoms with Gasteiger partial charge in [-0.1, -0.05) is 0 Å². The van der Waals surface area contributed by atoms with E-state index in [1.54, 1.807) is 6.92 Å². The summed E-state index contributed by atoms with van der Waals surface area (Å²) in [5.41, 5.74) is -0.769. The number of aromatic carboxylic acids is 1. The molecule has 0 bridgehead atoms. The van der Waals surface area contributed by atoms with E-state index in [4.69, 9.17) is 9.84 Å². The molecule has 1 aromatic heterocycles. The molecule has 20 heavy (non-hydrogen) atoms. The molecule has 1 rings (SSSR count). The number of hydrogen-bond donors (Lipinski definition) is 2. The van der Waals surface area contributed by atoms with Gasteiger partial charge in [-0.2, -0.15) is 0 Å². The predicted molar refractivity (Wildman–Crippen MR) is 65.9 cm³/mol. The molecular formula is C12H15NO7. The van der Waals surface area contributed by atoms with E-state index in [1.165, 1.54) is 7.11 Å². The number of carboxylic acid groups (broad SMARTS) is 1. The van der Waals surface area contributed by atoms with Crippen molar-refractivity contribution in [2.24, 2.45) is 0 Å². The van der Waals surface area contributed by atoms with Gasteiger partial charge < -0.3 is 24.3 Å². The Hall–Kier alpha value is -2.35. The lowest BCUT2D eigenvalue weighted by atomic mass is 10.0. The molecule has 0 saturated heterocycles. The molecule has 0 amide bonds. The summed E-state index contributed by atoms with van der Waals surface area (Å²) in [5.74, 6) is -3.08. The minimum Gasteiger partial charge on any atom is -0.477 e. The van der Waals surface area contributed by atoms with E-state index in [9.17, 15) is 14.4 Å². The van der Waals surface area contributed by atoms with Crippen molar-refractivity contribution < 1.29 is 33.7 Å². The molecule has 8 heteroatoms. The van der Waals surface area contributed by atoms with E-state index in [-0.39, 0.29) is 16.8 Å². The van der Waals surface area contributed by atoms with Crippen LogP contribution in [0.15, 0.2) is 0 Å². The average Bonchev–Trinajstić information content (AvgIpc) is 2.85. The van der Waals surface area contributed by atoms with Crippen molar-refractivity contribution in [3.63, 3.8) is 0 Å². The van der Waals surface area contributed by atoms with Crippen LogP contribution in [0.3, 0.4) is 0 Å². The second-order valence-corrected chi connectivity index (χ2v) is 3.83. The molecule has 0 spiro atoms. The molecule has 0 saturated carbocycles. The quantitative estimate of drug-likeness (QED) is 0.775. The number of nitrogens with one attached hydrogen (secondary N) is 1. The monoisotopic (exact) mass is 285 g/mol. The number of aromatic nitrogens is 1. The number of aromatic amines is 1. The van der Waals surface area contributed by atoms with Crippen LogP contribution >= 0.6 is 0 Å². The van der Waals surface area contributed by atoms with Crippen LogP contribution in [0.2, 0.25) is 0 Å². The van der Waals surface area contributed by atoms with Gasteiger partial charge in [-0.05, 0) is 6.92 Å². The Morgan fingerprint density at radius 3 is 2.00 bits per heavy atom. The van der Waals surface area contributed by atoms with Gasteiger partial charge in [0.25, 0.3) is 0 Å². The summed E-state index contributed by atoms with van der Waals surface area (Å²) in [6, 6.07) is 0. The molecule has 0 aromatic carbocycles. The van der Waals surface area contributed by atoms with Gasteiger partial charge in [0.05, 0.1) is 25.9 Å². The normalized spacial score (nSPS) is 11.8. The molecule has 0 aliphatic heterocycles. The summed E-state index contributed by atoms with van der Waals surface area (Å²) in [7, 11) is 3.61. The maximum Gasteiger partial charge on any atom is 0.354 e. The van der Waals surface area contributed by atoms with Gasteiger partial charge in [-0.3, -0.25) is 0 Å². The number of ether oxygens (including phenoxy) is 3. The second kappa shape index (κ2) is 6.20. The first kappa shape index (κ1) is 15.7. The molecular weight excluding hydrogens is 270 g/mol. The lowest BCUT2D eigenvalue weighted by Crippen LogP contribution is -2.13. The van der Waals surface area contributed by atoms with Crippen LogP contribution in [0, 0.1) is 0 Å². The first-order chi connectivity index (χ1) is 9.38. The van der Waals surface area contributed by atoms with Crippen LogP contribution in [-0.2, 0) is 14.2 Å². The van der Waals surface area contributed by atoms with E-state index in [2.05, 4.69) is 14.5 Å². The van der Waals surface area contributed by atoms with E-state index in [1.807, 2.05) is 0 Å². The summed E-state index contributed by atoms with van der Waals surface area (Å²) < 4.78 is 14.2. The minimum atomic E-state index is -1.40. The Morgan fingerprint density at radius 1 is 1.05 bits per heavy atom. The third kappa shape index (κ3) is 2.64. The fourth-order valence-electron chi connectivity index (χ4n) is 1.78. The van der Waals surface area contributed by atoms with Crippen LogP contribution < -0.4 is 0 Å². The summed E-state index contributed by atoms with van der Waals surface area (Å²) in [6.07, 6.45) is -0.706. The summed E-state index contributed by atoms with van der Waals surface area (Å²) >= 11 is 0. The zero-order chi connectivity index (χ0) is 15.4. The van der Waals surface area contributed by atoms with Crippen molar-refractivity contribution in [2.75, 3.05) is 21.3 Å². The van der Waals surface area contributed by atoms with Crippen molar-refractivity contribution in [3.8, 4) is 0 Å². The van der Waals surface area contributed by atoms with Crippen molar-refractivity contribution in [3.05, 3.63) is 22.5 Å². The zero-order valence-corrected chi connectivity index (χ0v) is 11.5. The van der Waals surface area contributed by atoms with Gasteiger partial charge >= 0.3 is 17.9 Å². The van der Waals surface area contributed by atoms with Gasteiger partial charge in [-0.15, -0.1) is 0 Å². The highest BCUT2D eigenvalue weighted by Crippen LogP contribution is 2.29. The Morgan fingerprint density at radius 2 is 1.60 bits per heavy atom. The van der Waals surface area contributed by atoms with Crippen LogP contribution in [0.4, 0.5) is 0 Å². The van der Waals surface area contributed by atoms with Crippen molar-refractivity contribution in [2.45, 2.75) is 13.0 Å². The van der Waals surface area contributed by atoms with Crippen LogP contribution in [-0.4, -0.2) is 49.3 Å². The Labute approximate surface area is 114 Å². The predicted octanol–water partition coefficient (Wildman–Crippen LogP) is 0.994. The Balaban J connectivity index is 3.66. The smallest absolute Gasteiger partial charge is 0.354 e. The molecule has 1 unspecified atom stereocenters. The van der Waals surface area contributed by atoms with E-state index < -0.39 is 29.7 Å². The highest BCUT2D eigenvalue weighted by atomic mass is 16.5. The molecule has 0 aliphatic rings. The first-order valence-electron chi connectivity index (χ1n) is 5.57. The lowest BCUT2D eigenvalue weighted by Gasteiger charge is -2.12. The third-order valence-electron chi connectivity index (χ3n) is 2.79. The third-order valence-corrected chi connectivity index (χ3v) is 2.79. The summed E-state index contributed by atoms with van der Waals surface area (Å²) in [4.78, 5) is 37.1. The molecule has 8 nitrogen and oxygen atoms in total. The number of carbonyl (C=O) groups excluding carboxylic acids is 2. The topological polar surface area (TPSA) is 115 Å². The van der Waals surface area contributed by atoms with Gasteiger partial charge in [0.1, 0.15) is 11.4 Å². The minimum absolute atomic E-state index is 0.0867. The van der Waals surface area contributed by atoms with Crippen LogP contribution in [0.25, 0.3) is 0 Å². The number of carboxylic acids is 1. The Kier molecular flexibility index (Phi) is 4.87. The number of H-pyrrole nitrogens is 1. The van der Waals surface area contributed by atoms with Gasteiger partial charge in [0, 0.05) is 12.7 Å². The maximum atomic E-state index is 11.8. The number of methoxy groups -OCH3 is 3. The standard InChI is InChI=1S/C12H15NO7/c1-5(18-2)6-7(11(16)19-3)8(10(14)15)13-9(6)12(17)20-4/h5,13H,1-4H3,(H,14,15). The number of esters is 2. The molecule has 1 aromatic rings. The van der Waals surface area contributed by atoms with E-state index in [0.717, 1.165) is 14.2 Å². The van der Waals surface area contributed by atoms with Gasteiger partial charge in [-0.25, -0.2) is 14.4 Å². The van der Waals surface area contributed by atoms with Gasteiger partial charge in [0.15, 0.2) is 0 Å². The summed E-state index contributed by atoms with van der Waals surface area (Å²) in [5, 5.41) is 9.12. The van der Waals surface area contributed by atoms with Crippen LogP contribution in [0.5, 0.6) is 0 Å². The molecule has 0 fully saturated rings. The first-order valence-corrected chi connectivity index (χ1v) is 5.57. The van der Waals surface area contributed by atoms with Crippen LogP contribution in [0.1, 0.15) is 49.9 Å². The van der Waals surface area contributed by atoms with Gasteiger partial charge in [0.2, 0.25) is 0 Å². The second-order valence-electron chi connectivity index (χ2n) is 3.83.